The lowest BCUT2D eigenvalue weighted by atomic mass is 10.2. The fraction of sp³-hybridized carbons (Fsp3) is 0.0769. The molecule has 3 nitrogen and oxygen atoms in total. The topological polar surface area (TPSA) is 36.5 Å². The van der Waals surface area contributed by atoms with E-state index in [0.717, 1.165) is 12.1 Å². The zero-order chi connectivity index (χ0) is 11.2. The van der Waals surface area contributed by atoms with Crippen LogP contribution in [-0.2, 0) is 6.54 Å². The quantitative estimate of drug-likeness (QED) is 0.329. The Labute approximate surface area is 111 Å². The smallest absolute Gasteiger partial charge is 0.173 e. The van der Waals surface area contributed by atoms with Crippen molar-refractivity contribution in [2.75, 3.05) is 0 Å². The number of hydrogen-bond acceptors (Lipinski definition) is 2. The van der Waals surface area contributed by atoms with Crippen LogP contribution in [0.5, 0.6) is 0 Å². The molecule has 17 heavy (non-hydrogen) atoms. The molecule has 0 radical (unpaired) electrons. The summed E-state index contributed by atoms with van der Waals surface area (Å²) in [5.41, 5.74) is 2.14. The SMILES string of the molecule is ON=Cc1cc[n+](Cc2ccccc2)cc1.[Br-]. The zero-order valence-electron chi connectivity index (χ0n) is 9.20. The van der Waals surface area contributed by atoms with Gasteiger partial charge in [-0.3, -0.25) is 0 Å². The van der Waals surface area contributed by atoms with Crippen molar-refractivity contribution < 1.29 is 26.8 Å². The molecule has 0 amide bonds. The van der Waals surface area contributed by atoms with E-state index in [1.165, 1.54) is 11.8 Å². The van der Waals surface area contributed by atoms with Gasteiger partial charge in [0.15, 0.2) is 18.9 Å². The zero-order valence-corrected chi connectivity index (χ0v) is 10.8. The molecule has 1 N–H and O–H groups in total. The maximum absolute atomic E-state index is 8.39. The van der Waals surface area contributed by atoms with Crippen LogP contribution in [0.25, 0.3) is 0 Å². The third-order valence-electron chi connectivity index (χ3n) is 2.33. The van der Waals surface area contributed by atoms with E-state index in [4.69, 9.17) is 5.21 Å². The van der Waals surface area contributed by atoms with Gasteiger partial charge in [0.2, 0.25) is 0 Å². The van der Waals surface area contributed by atoms with Gasteiger partial charge in [-0.1, -0.05) is 35.5 Å². The monoisotopic (exact) mass is 292 g/mol. The molecule has 0 spiro atoms. The Morgan fingerprint density at radius 1 is 1.06 bits per heavy atom. The van der Waals surface area contributed by atoms with Gasteiger partial charge < -0.3 is 22.2 Å². The van der Waals surface area contributed by atoms with Crippen LogP contribution in [-0.4, -0.2) is 11.4 Å². The summed E-state index contributed by atoms with van der Waals surface area (Å²) in [5, 5.41) is 11.4. The predicted octanol–water partition coefficient (Wildman–Crippen LogP) is -1.17. The van der Waals surface area contributed by atoms with Crippen molar-refractivity contribution >= 4 is 6.21 Å². The number of pyridine rings is 1. The molecular weight excluding hydrogens is 280 g/mol. The lowest BCUT2D eigenvalue weighted by molar-refractivity contribution is -0.688. The maximum Gasteiger partial charge on any atom is 0.173 e. The first kappa shape index (κ1) is 13.4. The van der Waals surface area contributed by atoms with E-state index in [1.807, 2.05) is 42.7 Å². The summed E-state index contributed by atoms with van der Waals surface area (Å²) in [7, 11) is 0. The fourth-order valence-corrected chi connectivity index (χ4v) is 1.52. The largest absolute Gasteiger partial charge is 1.00 e. The van der Waals surface area contributed by atoms with E-state index >= 15 is 0 Å². The van der Waals surface area contributed by atoms with Crippen molar-refractivity contribution in [2.45, 2.75) is 6.54 Å². The first-order valence-corrected chi connectivity index (χ1v) is 5.09. The Bertz CT molecular complexity index is 469. The van der Waals surface area contributed by atoms with Crippen LogP contribution in [0.3, 0.4) is 0 Å². The number of benzene rings is 1. The molecule has 4 heteroatoms. The van der Waals surface area contributed by atoms with E-state index in [9.17, 15) is 0 Å². The van der Waals surface area contributed by atoms with E-state index in [1.54, 1.807) is 0 Å². The summed E-state index contributed by atoms with van der Waals surface area (Å²) in [6, 6.07) is 14.1. The summed E-state index contributed by atoms with van der Waals surface area (Å²) < 4.78 is 2.07. The molecule has 2 aromatic rings. The number of halogens is 1. The minimum atomic E-state index is 0. The molecule has 2 rings (SSSR count). The molecule has 88 valence electrons. The summed E-state index contributed by atoms with van der Waals surface area (Å²) in [5.74, 6) is 0. The Morgan fingerprint density at radius 2 is 1.71 bits per heavy atom. The van der Waals surface area contributed by atoms with Crippen LogP contribution in [0.1, 0.15) is 11.1 Å². The standard InChI is InChI=1S/C13H12N2O.BrH/c16-14-10-12-6-8-15(9-7-12)11-13-4-2-1-3-5-13;/h1-10H,11H2;1H. The van der Waals surface area contributed by atoms with E-state index in [-0.39, 0.29) is 17.0 Å². The van der Waals surface area contributed by atoms with E-state index < -0.39 is 0 Å². The van der Waals surface area contributed by atoms with Crippen LogP contribution in [0.2, 0.25) is 0 Å². The predicted molar refractivity (Wildman–Crippen MR) is 61.6 cm³/mol. The van der Waals surface area contributed by atoms with Crippen LogP contribution in [0, 0.1) is 0 Å². The molecule has 0 saturated carbocycles. The van der Waals surface area contributed by atoms with Crippen molar-refractivity contribution in [2.24, 2.45) is 5.16 Å². The van der Waals surface area contributed by atoms with Crippen LogP contribution in [0.15, 0.2) is 60.0 Å². The van der Waals surface area contributed by atoms with Gasteiger partial charge in [-0.15, -0.1) is 0 Å². The summed E-state index contributed by atoms with van der Waals surface area (Å²) in [6.07, 6.45) is 5.33. The lowest BCUT2D eigenvalue weighted by Crippen LogP contribution is -3.00. The maximum atomic E-state index is 8.39. The molecule has 0 fully saturated rings. The lowest BCUT2D eigenvalue weighted by Gasteiger charge is -1.97. The van der Waals surface area contributed by atoms with Gasteiger partial charge in [-0.05, 0) is 0 Å². The van der Waals surface area contributed by atoms with Crippen molar-refractivity contribution in [3.8, 4) is 0 Å². The van der Waals surface area contributed by atoms with E-state index in [2.05, 4.69) is 21.9 Å². The average molecular weight is 293 g/mol. The molecule has 1 aromatic carbocycles. The second kappa shape index (κ2) is 6.81. The van der Waals surface area contributed by atoms with Gasteiger partial charge in [0.25, 0.3) is 0 Å². The summed E-state index contributed by atoms with van der Waals surface area (Å²) >= 11 is 0. The number of hydrogen-bond donors (Lipinski definition) is 1. The van der Waals surface area contributed by atoms with Crippen molar-refractivity contribution in [1.82, 2.24) is 0 Å². The Morgan fingerprint density at radius 3 is 2.29 bits per heavy atom. The molecule has 1 aromatic heterocycles. The van der Waals surface area contributed by atoms with Crippen molar-refractivity contribution in [3.63, 3.8) is 0 Å². The first-order valence-electron chi connectivity index (χ1n) is 5.09. The van der Waals surface area contributed by atoms with Gasteiger partial charge in [0.1, 0.15) is 0 Å². The Kier molecular flexibility index (Phi) is 5.36. The average Bonchev–Trinajstić information content (AvgIpc) is 2.33. The van der Waals surface area contributed by atoms with Gasteiger partial charge in [-0.25, -0.2) is 4.57 Å². The van der Waals surface area contributed by atoms with Crippen molar-refractivity contribution in [3.05, 3.63) is 66.0 Å². The third-order valence-corrected chi connectivity index (χ3v) is 2.33. The summed E-state index contributed by atoms with van der Waals surface area (Å²) in [4.78, 5) is 0. The number of rotatable bonds is 3. The Balaban J connectivity index is 0.00000144. The Hall–Kier alpha value is -1.68. The van der Waals surface area contributed by atoms with Gasteiger partial charge in [0.05, 0.1) is 6.21 Å². The second-order valence-corrected chi connectivity index (χ2v) is 3.53. The minimum absolute atomic E-state index is 0. The van der Waals surface area contributed by atoms with E-state index in [0.29, 0.717) is 0 Å². The minimum Gasteiger partial charge on any atom is -1.00 e. The highest BCUT2D eigenvalue weighted by molar-refractivity contribution is 5.78. The highest BCUT2D eigenvalue weighted by Crippen LogP contribution is 1.98. The van der Waals surface area contributed by atoms with Crippen molar-refractivity contribution in [1.29, 1.82) is 0 Å². The second-order valence-electron chi connectivity index (χ2n) is 3.53. The fourth-order valence-electron chi connectivity index (χ4n) is 1.52. The first-order chi connectivity index (χ1) is 7.88. The number of aromatic nitrogens is 1. The number of oxime groups is 1. The third kappa shape index (κ3) is 4.00. The van der Waals surface area contributed by atoms with Crippen LogP contribution >= 0.6 is 0 Å². The highest BCUT2D eigenvalue weighted by atomic mass is 79.9. The molecule has 0 atom stereocenters. The van der Waals surface area contributed by atoms with Gasteiger partial charge >= 0.3 is 0 Å². The summed E-state index contributed by atoms with van der Waals surface area (Å²) in [6.45, 7) is 0.845. The number of nitrogens with zero attached hydrogens (tertiary/aromatic N) is 2. The van der Waals surface area contributed by atoms with Gasteiger partial charge in [0, 0.05) is 23.3 Å². The molecule has 0 bridgehead atoms. The molecule has 0 aliphatic carbocycles. The molecule has 0 aliphatic heterocycles. The normalized spacial score (nSPS) is 10.1. The molecular formula is C13H13BrN2O. The molecule has 0 saturated heterocycles. The molecule has 1 heterocycles. The van der Waals surface area contributed by atoms with Gasteiger partial charge in [-0.2, -0.15) is 0 Å². The van der Waals surface area contributed by atoms with Crippen LogP contribution in [0.4, 0.5) is 0 Å². The highest BCUT2D eigenvalue weighted by Gasteiger charge is 2.01. The van der Waals surface area contributed by atoms with Crippen LogP contribution < -0.4 is 21.5 Å². The molecule has 0 aliphatic rings. The molecule has 0 unspecified atom stereocenters.